The third-order valence-electron chi connectivity index (χ3n) is 3.76. The highest BCUT2D eigenvalue weighted by Crippen LogP contribution is 2.18. The Bertz CT molecular complexity index is 695. The van der Waals surface area contributed by atoms with Gasteiger partial charge in [0.1, 0.15) is 10.9 Å². The molecule has 0 aliphatic heterocycles. The molecule has 0 bridgehead atoms. The number of para-hydroxylation sites is 1. The van der Waals surface area contributed by atoms with Crippen LogP contribution in [0.2, 0.25) is 5.15 Å². The Morgan fingerprint density at radius 3 is 2.63 bits per heavy atom. The Kier molecular flexibility index (Phi) is 11.8. The molecule has 0 saturated heterocycles. The number of hydrogen-bond acceptors (Lipinski definition) is 3. The Morgan fingerprint density at radius 1 is 1.11 bits per heavy atom. The van der Waals surface area contributed by atoms with Crippen LogP contribution in [-0.2, 0) is 12.8 Å². The molecule has 2 N–H and O–H groups in total. The molecule has 2 rings (SSSR count). The number of pyridine rings is 1. The van der Waals surface area contributed by atoms with Crippen molar-refractivity contribution in [3.05, 3.63) is 58.9 Å². The SMILES string of the molecule is CCNC(=NCCc1ccccc1OCC)NCCc1ccc(Cl)nc1.I. The Balaban J connectivity index is 0.00000364. The number of aromatic nitrogens is 1. The zero-order valence-corrected chi connectivity index (χ0v) is 19.0. The number of ether oxygens (including phenoxy) is 1. The molecule has 1 aromatic carbocycles. The largest absolute Gasteiger partial charge is 0.494 e. The highest BCUT2D eigenvalue weighted by Gasteiger charge is 2.03. The summed E-state index contributed by atoms with van der Waals surface area (Å²) in [5, 5.41) is 7.15. The molecule has 0 aliphatic carbocycles. The lowest BCUT2D eigenvalue weighted by Gasteiger charge is -2.12. The van der Waals surface area contributed by atoms with Crippen LogP contribution < -0.4 is 15.4 Å². The van der Waals surface area contributed by atoms with E-state index in [2.05, 4.69) is 33.6 Å². The number of nitrogens with zero attached hydrogens (tertiary/aromatic N) is 2. The number of nitrogens with one attached hydrogen (secondary N) is 2. The fourth-order valence-electron chi connectivity index (χ4n) is 2.52. The van der Waals surface area contributed by atoms with Crippen LogP contribution in [0.5, 0.6) is 5.75 Å². The molecule has 2 aromatic rings. The first-order chi connectivity index (χ1) is 12.7. The van der Waals surface area contributed by atoms with Crippen LogP contribution in [0.3, 0.4) is 0 Å². The van der Waals surface area contributed by atoms with Gasteiger partial charge in [0.15, 0.2) is 5.96 Å². The van der Waals surface area contributed by atoms with Crippen molar-refractivity contribution in [2.75, 3.05) is 26.2 Å². The fourth-order valence-corrected chi connectivity index (χ4v) is 2.63. The molecule has 148 valence electrons. The van der Waals surface area contributed by atoms with E-state index in [1.807, 2.05) is 37.3 Å². The van der Waals surface area contributed by atoms with Crippen LogP contribution in [0.25, 0.3) is 0 Å². The van der Waals surface area contributed by atoms with Gasteiger partial charge >= 0.3 is 0 Å². The summed E-state index contributed by atoms with van der Waals surface area (Å²) in [4.78, 5) is 8.76. The normalized spacial score (nSPS) is 10.9. The molecule has 0 fully saturated rings. The van der Waals surface area contributed by atoms with Crippen LogP contribution in [0.15, 0.2) is 47.6 Å². The van der Waals surface area contributed by atoms with E-state index >= 15 is 0 Å². The Labute approximate surface area is 184 Å². The number of benzene rings is 1. The van der Waals surface area contributed by atoms with Crippen molar-refractivity contribution < 1.29 is 4.74 Å². The lowest BCUT2D eigenvalue weighted by atomic mass is 10.1. The number of rotatable bonds is 9. The molecule has 1 aromatic heterocycles. The summed E-state index contributed by atoms with van der Waals surface area (Å²) in [6.45, 7) is 7.03. The van der Waals surface area contributed by atoms with E-state index in [9.17, 15) is 0 Å². The predicted octanol–water partition coefficient (Wildman–Crippen LogP) is 4.09. The molecule has 0 amide bonds. The fraction of sp³-hybridized carbons (Fsp3) is 0.400. The second-order valence-corrected chi connectivity index (χ2v) is 6.10. The molecule has 0 saturated carbocycles. The molecular formula is C20H28ClIN4O. The molecule has 27 heavy (non-hydrogen) atoms. The van der Waals surface area contributed by atoms with Gasteiger partial charge in [0, 0.05) is 25.8 Å². The summed E-state index contributed by atoms with van der Waals surface area (Å²) in [5.41, 5.74) is 2.32. The topological polar surface area (TPSA) is 58.5 Å². The maximum absolute atomic E-state index is 5.81. The number of hydrogen-bond donors (Lipinski definition) is 2. The Hall–Kier alpha value is -1.54. The van der Waals surface area contributed by atoms with Gasteiger partial charge in [0.25, 0.3) is 0 Å². The first-order valence-corrected chi connectivity index (χ1v) is 9.44. The molecule has 0 atom stereocenters. The van der Waals surface area contributed by atoms with Gasteiger partial charge in [-0.2, -0.15) is 0 Å². The molecule has 0 unspecified atom stereocenters. The number of halogens is 2. The van der Waals surface area contributed by atoms with Gasteiger partial charge in [-0.15, -0.1) is 24.0 Å². The quantitative estimate of drug-likeness (QED) is 0.235. The van der Waals surface area contributed by atoms with Crippen molar-refractivity contribution in [1.29, 1.82) is 0 Å². The molecule has 0 spiro atoms. The van der Waals surface area contributed by atoms with Crippen LogP contribution in [-0.4, -0.2) is 37.2 Å². The summed E-state index contributed by atoms with van der Waals surface area (Å²) in [7, 11) is 0. The van der Waals surface area contributed by atoms with Crippen LogP contribution in [0.1, 0.15) is 25.0 Å². The van der Waals surface area contributed by atoms with Crippen LogP contribution in [0, 0.1) is 0 Å². The first kappa shape index (κ1) is 23.5. The summed E-state index contributed by atoms with van der Waals surface area (Å²) in [6, 6.07) is 11.9. The van der Waals surface area contributed by atoms with Crippen LogP contribution in [0.4, 0.5) is 0 Å². The zero-order chi connectivity index (χ0) is 18.6. The average Bonchev–Trinajstić information content (AvgIpc) is 2.65. The summed E-state index contributed by atoms with van der Waals surface area (Å²) in [5.74, 6) is 1.77. The van der Waals surface area contributed by atoms with E-state index in [1.165, 1.54) is 5.56 Å². The maximum Gasteiger partial charge on any atom is 0.191 e. The van der Waals surface area contributed by atoms with Gasteiger partial charge in [0.05, 0.1) is 6.61 Å². The van der Waals surface area contributed by atoms with Crippen molar-refractivity contribution in [2.24, 2.45) is 4.99 Å². The van der Waals surface area contributed by atoms with E-state index < -0.39 is 0 Å². The van der Waals surface area contributed by atoms with Gasteiger partial charge < -0.3 is 15.4 Å². The lowest BCUT2D eigenvalue weighted by Crippen LogP contribution is -2.38. The molecular weight excluding hydrogens is 475 g/mol. The van der Waals surface area contributed by atoms with Gasteiger partial charge in [-0.1, -0.05) is 35.9 Å². The molecule has 0 aliphatic rings. The van der Waals surface area contributed by atoms with E-state index in [-0.39, 0.29) is 24.0 Å². The zero-order valence-electron chi connectivity index (χ0n) is 15.9. The van der Waals surface area contributed by atoms with Crippen molar-refractivity contribution in [2.45, 2.75) is 26.7 Å². The van der Waals surface area contributed by atoms with E-state index in [1.54, 1.807) is 6.20 Å². The number of guanidine groups is 1. The number of aliphatic imine (C=N–C) groups is 1. The van der Waals surface area contributed by atoms with Crippen molar-refractivity contribution in [3.63, 3.8) is 0 Å². The summed E-state index contributed by atoms with van der Waals surface area (Å²) in [6.07, 6.45) is 3.51. The van der Waals surface area contributed by atoms with Gasteiger partial charge in [-0.05, 0) is 49.9 Å². The first-order valence-electron chi connectivity index (χ1n) is 9.06. The van der Waals surface area contributed by atoms with Crippen molar-refractivity contribution in [3.8, 4) is 5.75 Å². The minimum Gasteiger partial charge on any atom is -0.494 e. The third kappa shape index (κ3) is 8.79. The molecule has 5 nitrogen and oxygen atoms in total. The molecule has 0 radical (unpaired) electrons. The van der Waals surface area contributed by atoms with Crippen molar-refractivity contribution in [1.82, 2.24) is 15.6 Å². The second kappa shape index (κ2) is 13.6. The van der Waals surface area contributed by atoms with E-state index in [4.69, 9.17) is 16.3 Å². The second-order valence-electron chi connectivity index (χ2n) is 5.72. The molecule has 1 heterocycles. The standard InChI is InChI=1S/C20H27ClN4O.HI/c1-3-22-20(23-13-11-16-9-10-19(21)25-15-16)24-14-12-17-7-5-6-8-18(17)26-4-2;/h5-10,15H,3-4,11-14H2,1-2H3,(H2,22,23,24);1H. The smallest absolute Gasteiger partial charge is 0.191 e. The average molecular weight is 503 g/mol. The third-order valence-corrected chi connectivity index (χ3v) is 3.99. The predicted molar refractivity (Wildman–Crippen MR) is 124 cm³/mol. The van der Waals surface area contributed by atoms with Gasteiger partial charge in [-0.3, -0.25) is 4.99 Å². The van der Waals surface area contributed by atoms with Crippen molar-refractivity contribution >= 4 is 41.5 Å². The van der Waals surface area contributed by atoms with Gasteiger partial charge in [0.2, 0.25) is 0 Å². The highest BCUT2D eigenvalue weighted by atomic mass is 127. The molecule has 7 heteroatoms. The van der Waals surface area contributed by atoms with E-state index in [0.29, 0.717) is 18.3 Å². The van der Waals surface area contributed by atoms with E-state index in [0.717, 1.165) is 43.2 Å². The highest BCUT2D eigenvalue weighted by molar-refractivity contribution is 14.0. The maximum atomic E-state index is 5.81. The van der Waals surface area contributed by atoms with Gasteiger partial charge in [-0.25, -0.2) is 4.98 Å². The Morgan fingerprint density at radius 2 is 1.93 bits per heavy atom. The monoisotopic (exact) mass is 502 g/mol. The lowest BCUT2D eigenvalue weighted by molar-refractivity contribution is 0.336. The summed E-state index contributed by atoms with van der Waals surface area (Å²) < 4.78 is 5.67. The van der Waals surface area contributed by atoms with Crippen LogP contribution >= 0.6 is 35.6 Å². The summed E-state index contributed by atoms with van der Waals surface area (Å²) >= 11 is 5.81. The minimum absolute atomic E-state index is 0. The minimum atomic E-state index is 0.